The number of hydrogen-bond donors (Lipinski definition) is 2. The first-order valence-electron chi connectivity index (χ1n) is 5.82. The minimum atomic E-state index is -0.425. The highest BCUT2D eigenvalue weighted by Crippen LogP contribution is 2.07. The van der Waals surface area contributed by atoms with Gasteiger partial charge in [0.1, 0.15) is 0 Å². The number of hydrazone groups is 1. The maximum atomic E-state index is 11.7. The Bertz CT molecular complexity index is 407. The summed E-state index contributed by atoms with van der Waals surface area (Å²) in [5.74, 6) is 0.201. The normalized spacial score (nSPS) is 12.9. The third-order valence-corrected chi connectivity index (χ3v) is 2.67. The van der Waals surface area contributed by atoms with Crippen LogP contribution in [0.2, 0.25) is 0 Å². The largest absolute Gasteiger partial charge is 0.480 e. The highest BCUT2D eigenvalue weighted by molar-refractivity contribution is 7.81. The number of nitrogens with one attached hydrogen (secondary N) is 1. The molecule has 0 aliphatic rings. The summed E-state index contributed by atoms with van der Waals surface area (Å²) < 4.78 is 5.10. The summed E-state index contributed by atoms with van der Waals surface area (Å²) in [5, 5.41) is 3.40. The van der Waals surface area contributed by atoms with Crippen LogP contribution in [0.25, 0.3) is 0 Å². The number of benzene rings is 1. The van der Waals surface area contributed by atoms with E-state index < -0.39 is 5.25 Å². The van der Waals surface area contributed by atoms with Gasteiger partial charge in [-0.05, 0) is 18.9 Å². The van der Waals surface area contributed by atoms with Gasteiger partial charge in [0.05, 0.1) is 11.9 Å². The zero-order chi connectivity index (χ0) is 13.4. The summed E-state index contributed by atoms with van der Waals surface area (Å²) in [5.41, 5.74) is 3.50. The van der Waals surface area contributed by atoms with Gasteiger partial charge < -0.3 is 4.74 Å². The van der Waals surface area contributed by atoms with Gasteiger partial charge in [0.25, 0.3) is 5.91 Å². The van der Waals surface area contributed by atoms with Gasteiger partial charge in [0.15, 0.2) is 0 Å². The number of nitrogens with zero attached hydrogens (tertiary/aromatic N) is 1. The van der Waals surface area contributed by atoms with Crippen LogP contribution < -0.4 is 5.43 Å². The fourth-order valence-corrected chi connectivity index (χ4v) is 1.65. The average molecular weight is 266 g/mol. The third kappa shape index (κ3) is 5.23. The van der Waals surface area contributed by atoms with Crippen molar-refractivity contribution in [3.05, 3.63) is 35.9 Å². The molecule has 4 nitrogen and oxygen atoms in total. The molecule has 1 rings (SSSR count). The maximum Gasteiger partial charge on any atom is 0.253 e. The van der Waals surface area contributed by atoms with Gasteiger partial charge in [-0.2, -0.15) is 12.6 Å². The summed E-state index contributed by atoms with van der Waals surface area (Å²) in [6.45, 7) is 4.08. The molecule has 1 aromatic carbocycles. The molecule has 0 aliphatic heterocycles. The molecule has 98 valence electrons. The molecular weight excluding hydrogens is 248 g/mol. The Morgan fingerprint density at radius 1 is 1.44 bits per heavy atom. The highest BCUT2D eigenvalue weighted by atomic mass is 32.1. The van der Waals surface area contributed by atoms with Crippen molar-refractivity contribution in [2.45, 2.75) is 25.5 Å². The van der Waals surface area contributed by atoms with Crippen molar-refractivity contribution in [2.75, 3.05) is 6.61 Å². The van der Waals surface area contributed by atoms with Crippen molar-refractivity contribution in [1.29, 1.82) is 0 Å². The van der Waals surface area contributed by atoms with Crippen molar-refractivity contribution in [3.8, 4) is 0 Å². The lowest BCUT2D eigenvalue weighted by Gasteiger charge is -2.09. The van der Waals surface area contributed by atoms with Gasteiger partial charge in [0.2, 0.25) is 5.90 Å². The summed E-state index contributed by atoms with van der Waals surface area (Å²) >= 11 is 4.27. The highest BCUT2D eigenvalue weighted by Gasteiger charge is 2.13. The fraction of sp³-hybridized carbons (Fsp3) is 0.385. The molecule has 1 N–H and O–H groups in total. The summed E-state index contributed by atoms with van der Waals surface area (Å²) in [4.78, 5) is 11.7. The van der Waals surface area contributed by atoms with Crippen molar-refractivity contribution in [2.24, 2.45) is 5.10 Å². The smallest absolute Gasteiger partial charge is 0.253 e. The van der Waals surface area contributed by atoms with Gasteiger partial charge >= 0.3 is 0 Å². The molecule has 0 fully saturated rings. The molecule has 1 aromatic rings. The van der Waals surface area contributed by atoms with Crippen molar-refractivity contribution in [1.82, 2.24) is 5.43 Å². The van der Waals surface area contributed by atoms with E-state index in [0.717, 1.165) is 5.56 Å². The predicted molar refractivity (Wildman–Crippen MR) is 75.8 cm³/mol. The molecule has 0 heterocycles. The van der Waals surface area contributed by atoms with E-state index in [0.29, 0.717) is 18.9 Å². The van der Waals surface area contributed by atoms with Crippen LogP contribution in [0, 0.1) is 0 Å². The monoisotopic (exact) mass is 266 g/mol. The van der Waals surface area contributed by atoms with Crippen molar-refractivity contribution in [3.63, 3.8) is 0 Å². The topological polar surface area (TPSA) is 50.7 Å². The first-order valence-corrected chi connectivity index (χ1v) is 6.34. The molecule has 1 amide bonds. The molecule has 0 aliphatic carbocycles. The second-order valence-corrected chi connectivity index (χ2v) is 4.37. The van der Waals surface area contributed by atoms with Gasteiger partial charge in [-0.3, -0.25) is 4.79 Å². The number of ether oxygens (including phenoxy) is 1. The van der Waals surface area contributed by atoms with E-state index in [4.69, 9.17) is 4.74 Å². The first kappa shape index (κ1) is 14.6. The maximum absolute atomic E-state index is 11.7. The van der Waals surface area contributed by atoms with Crippen LogP contribution in [0.4, 0.5) is 0 Å². The zero-order valence-electron chi connectivity index (χ0n) is 10.6. The van der Waals surface area contributed by atoms with Crippen LogP contribution in [0.5, 0.6) is 0 Å². The number of thiol groups is 1. The number of hydrogen-bond acceptors (Lipinski definition) is 4. The van der Waals surface area contributed by atoms with Crippen molar-refractivity contribution < 1.29 is 9.53 Å². The summed E-state index contributed by atoms with van der Waals surface area (Å²) in [6.07, 6.45) is 0.568. The minimum Gasteiger partial charge on any atom is -0.480 e. The number of carbonyl (C=O) groups is 1. The van der Waals surface area contributed by atoms with E-state index in [1.54, 1.807) is 6.92 Å². The Morgan fingerprint density at radius 3 is 2.72 bits per heavy atom. The van der Waals surface area contributed by atoms with E-state index in [1.165, 1.54) is 0 Å². The molecule has 0 saturated carbocycles. The SMILES string of the molecule is CCO/C(C)=N\NC(=O)C(S)Cc1ccccc1. The van der Waals surface area contributed by atoms with E-state index in [9.17, 15) is 4.79 Å². The lowest BCUT2D eigenvalue weighted by atomic mass is 10.1. The predicted octanol–water partition coefficient (Wildman–Crippen LogP) is 2.01. The molecule has 0 bridgehead atoms. The summed E-state index contributed by atoms with van der Waals surface area (Å²) in [7, 11) is 0. The van der Waals surface area contributed by atoms with Gasteiger partial charge in [0, 0.05) is 6.92 Å². The quantitative estimate of drug-likeness (QED) is 0.371. The van der Waals surface area contributed by atoms with Crippen LogP contribution in [0.1, 0.15) is 19.4 Å². The van der Waals surface area contributed by atoms with E-state index in [1.807, 2.05) is 37.3 Å². The first-order chi connectivity index (χ1) is 8.63. The van der Waals surface area contributed by atoms with Crippen LogP contribution in [-0.4, -0.2) is 23.7 Å². The molecule has 18 heavy (non-hydrogen) atoms. The Morgan fingerprint density at radius 2 is 2.11 bits per heavy atom. The molecule has 1 unspecified atom stereocenters. The molecule has 5 heteroatoms. The Hall–Kier alpha value is -1.49. The molecule has 0 radical (unpaired) electrons. The lowest BCUT2D eigenvalue weighted by Crippen LogP contribution is -2.30. The second kappa shape index (κ2) is 7.76. The van der Waals surface area contributed by atoms with Crippen LogP contribution in [0.15, 0.2) is 35.4 Å². The lowest BCUT2D eigenvalue weighted by molar-refractivity contribution is -0.120. The second-order valence-electron chi connectivity index (χ2n) is 3.75. The number of rotatable bonds is 5. The molecule has 0 saturated heterocycles. The minimum absolute atomic E-state index is 0.235. The Kier molecular flexibility index (Phi) is 6.28. The van der Waals surface area contributed by atoms with E-state index >= 15 is 0 Å². The van der Waals surface area contributed by atoms with Gasteiger partial charge in [-0.1, -0.05) is 30.3 Å². The van der Waals surface area contributed by atoms with Gasteiger partial charge in [-0.25, -0.2) is 5.43 Å². The standard InChI is InChI=1S/C13H18N2O2S/c1-3-17-10(2)14-15-13(16)12(18)9-11-7-5-4-6-8-11/h4-8,12,18H,3,9H2,1-2H3,(H,15,16)/b14-10-. The van der Waals surface area contributed by atoms with Crippen molar-refractivity contribution >= 4 is 24.4 Å². The zero-order valence-corrected chi connectivity index (χ0v) is 11.5. The van der Waals surface area contributed by atoms with Crippen LogP contribution in [-0.2, 0) is 16.0 Å². The van der Waals surface area contributed by atoms with Crippen LogP contribution in [0.3, 0.4) is 0 Å². The molecular formula is C13H18N2O2S. The Balaban J connectivity index is 2.45. The molecule has 0 spiro atoms. The molecule has 0 aromatic heterocycles. The molecule has 1 atom stereocenters. The fourth-order valence-electron chi connectivity index (χ4n) is 1.38. The Labute approximate surface area is 113 Å². The van der Waals surface area contributed by atoms with E-state index in [-0.39, 0.29) is 5.91 Å². The third-order valence-electron chi connectivity index (χ3n) is 2.25. The van der Waals surface area contributed by atoms with E-state index in [2.05, 4.69) is 23.2 Å². The average Bonchev–Trinajstić information content (AvgIpc) is 2.37. The number of amides is 1. The van der Waals surface area contributed by atoms with Gasteiger partial charge in [-0.15, -0.1) is 5.10 Å². The number of carbonyl (C=O) groups excluding carboxylic acids is 1. The summed E-state index contributed by atoms with van der Waals surface area (Å²) in [6, 6.07) is 9.74. The van der Waals surface area contributed by atoms with Crippen LogP contribution >= 0.6 is 12.6 Å².